The van der Waals surface area contributed by atoms with Crippen LogP contribution in [0.15, 0.2) is 4.52 Å². The Hall–Kier alpha value is -0.260. The third kappa shape index (κ3) is 3.60. The largest absolute Gasteiger partial charge is 0.338 e. The summed E-state index contributed by atoms with van der Waals surface area (Å²) in [6.45, 7) is 6.52. The Balaban J connectivity index is 0.00000144. The molecule has 0 unspecified atom stereocenters. The van der Waals surface area contributed by atoms with Crippen molar-refractivity contribution in [1.29, 1.82) is 0 Å². The second-order valence-corrected chi connectivity index (χ2v) is 7.22. The van der Waals surface area contributed by atoms with Gasteiger partial charge in [-0.05, 0) is 19.3 Å². The fourth-order valence-electron chi connectivity index (χ4n) is 1.58. The lowest BCUT2D eigenvalue weighted by Crippen LogP contribution is -2.44. The highest BCUT2D eigenvalue weighted by Crippen LogP contribution is 2.37. The average Bonchev–Trinajstić information content (AvgIpc) is 2.58. The van der Waals surface area contributed by atoms with Gasteiger partial charge in [0.1, 0.15) is 0 Å². The minimum Gasteiger partial charge on any atom is -0.338 e. The maximum absolute atomic E-state index is 6.13. The van der Waals surface area contributed by atoms with Crippen LogP contribution in [0, 0.1) is 0 Å². The van der Waals surface area contributed by atoms with Crippen LogP contribution >= 0.6 is 24.2 Å². The van der Waals surface area contributed by atoms with Crippen molar-refractivity contribution in [2.24, 2.45) is 5.73 Å². The van der Waals surface area contributed by atoms with E-state index in [2.05, 4.69) is 30.9 Å². The lowest BCUT2D eigenvalue weighted by Gasteiger charge is -2.34. The highest BCUT2D eigenvalue weighted by Gasteiger charge is 2.38. The molecule has 1 heterocycles. The number of hydrogen-bond acceptors (Lipinski definition) is 5. The fourth-order valence-corrected chi connectivity index (χ4v) is 2.25. The van der Waals surface area contributed by atoms with Gasteiger partial charge in [-0.25, -0.2) is 0 Å². The summed E-state index contributed by atoms with van der Waals surface area (Å²) in [5.74, 6) is 2.13. The molecule has 0 amide bonds. The first-order chi connectivity index (χ1) is 7.39. The van der Waals surface area contributed by atoms with Gasteiger partial charge in [0.25, 0.3) is 0 Å². The van der Waals surface area contributed by atoms with Crippen molar-refractivity contribution in [3.05, 3.63) is 11.7 Å². The third-order valence-corrected chi connectivity index (χ3v) is 4.05. The molecule has 0 aromatic carbocycles. The molecule has 4 nitrogen and oxygen atoms in total. The van der Waals surface area contributed by atoms with Gasteiger partial charge in [0, 0.05) is 4.75 Å². The van der Waals surface area contributed by atoms with Gasteiger partial charge in [-0.3, -0.25) is 0 Å². The Morgan fingerprint density at radius 2 is 2.06 bits per heavy atom. The second-order valence-electron chi connectivity index (χ2n) is 5.42. The Labute approximate surface area is 113 Å². The topological polar surface area (TPSA) is 64.9 Å². The molecule has 98 valence electrons. The van der Waals surface area contributed by atoms with E-state index in [-0.39, 0.29) is 22.7 Å². The zero-order chi connectivity index (χ0) is 11.8. The fraction of sp³-hybridized carbons (Fsp3) is 0.818. The number of aromatic nitrogens is 2. The van der Waals surface area contributed by atoms with Crippen molar-refractivity contribution in [2.75, 3.05) is 0 Å². The van der Waals surface area contributed by atoms with Crippen LogP contribution < -0.4 is 5.73 Å². The monoisotopic (exact) mass is 277 g/mol. The minimum atomic E-state index is -0.311. The Bertz CT molecular complexity index is 371. The molecule has 17 heavy (non-hydrogen) atoms. The molecular weight excluding hydrogens is 258 g/mol. The van der Waals surface area contributed by atoms with E-state index in [1.807, 2.05) is 0 Å². The number of nitrogens with zero attached hydrogens (tertiary/aromatic N) is 2. The van der Waals surface area contributed by atoms with Crippen LogP contribution in [0.5, 0.6) is 0 Å². The van der Waals surface area contributed by atoms with Crippen LogP contribution in [0.1, 0.15) is 51.7 Å². The molecule has 0 spiro atoms. The first kappa shape index (κ1) is 14.8. The maximum Gasteiger partial charge on any atom is 0.236 e. The molecule has 1 aliphatic carbocycles. The van der Waals surface area contributed by atoms with Gasteiger partial charge in [-0.1, -0.05) is 25.9 Å². The SMILES string of the molecule is CC(C)(C)SCc1nc(C2(N)CCC2)no1.Cl. The molecule has 0 saturated heterocycles. The van der Waals surface area contributed by atoms with E-state index < -0.39 is 0 Å². The smallest absolute Gasteiger partial charge is 0.236 e. The summed E-state index contributed by atoms with van der Waals surface area (Å²) in [7, 11) is 0. The molecule has 0 atom stereocenters. The van der Waals surface area contributed by atoms with Gasteiger partial charge in [0.15, 0.2) is 5.82 Å². The van der Waals surface area contributed by atoms with Crippen LogP contribution in [0.2, 0.25) is 0 Å². The van der Waals surface area contributed by atoms with E-state index in [1.54, 1.807) is 11.8 Å². The summed E-state index contributed by atoms with van der Waals surface area (Å²) >= 11 is 1.80. The van der Waals surface area contributed by atoms with Gasteiger partial charge in [0.05, 0.1) is 11.3 Å². The van der Waals surface area contributed by atoms with Gasteiger partial charge >= 0.3 is 0 Å². The molecule has 1 aliphatic rings. The number of hydrogen-bond donors (Lipinski definition) is 1. The molecule has 0 bridgehead atoms. The molecule has 6 heteroatoms. The zero-order valence-corrected chi connectivity index (χ0v) is 12.2. The minimum absolute atomic E-state index is 0. The Morgan fingerprint density at radius 1 is 1.41 bits per heavy atom. The van der Waals surface area contributed by atoms with Crippen LogP contribution in [-0.2, 0) is 11.3 Å². The van der Waals surface area contributed by atoms with Crippen LogP contribution in [0.25, 0.3) is 0 Å². The predicted octanol–water partition coefficient (Wildman–Crippen LogP) is 2.86. The summed E-state index contributed by atoms with van der Waals surface area (Å²) in [5.41, 5.74) is 5.82. The second kappa shape index (κ2) is 5.16. The number of halogens is 1. The van der Waals surface area contributed by atoms with Crippen molar-refractivity contribution in [3.8, 4) is 0 Å². The molecule has 1 aromatic rings. The standard InChI is InChI=1S/C11H19N3OS.ClH/c1-10(2,3)16-7-8-13-9(14-15-8)11(12)5-4-6-11;/h4-7,12H2,1-3H3;1H. The van der Waals surface area contributed by atoms with Gasteiger partial charge in [-0.15, -0.1) is 24.2 Å². The van der Waals surface area contributed by atoms with Crippen LogP contribution in [0.4, 0.5) is 0 Å². The summed E-state index contributed by atoms with van der Waals surface area (Å²) in [6.07, 6.45) is 3.11. The van der Waals surface area contributed by atoms with Gasteiger partial charge in [-0.2, -0.15) is 4.98 Å². The van der Waals surface area contributed by atoms with E-state index in [9.17, 15) is 0 Å². The van der Waals surface area contributed by atoms with E-state index in [4.69, 9.17) is 10.3 Å². The van der Waals surface area contributed by atoms with Crippen molar-refractivity contribution < 1.29 is 4.52 Å². The van der Waals surface area contributed by atoms with E-state index in [0.29, 0.717) is 11.7 Å². The first-order valence-electron chi connectivity index (χ1n) is 5.65. The number of rotatable bonds is 3. The van der Waals surface area contributed by atoms with E-state index in [0.717, 1.165) is 25.0 Å². The molecule has 0 radical (unpaired) electrons. The van der Waals surface area contributed by atoms with Crippen molar-refractivity contribution in [1.82, 2.24) is 10.1 Å². The first-order valence-corrected chi connectivity index (χ1v) is 6.64. The molecule has 1 aromatic heterocycles. The number of nitrogens with two attached hydrogens (primary N) is 1. The maximum atomic E-state index is 6.13. The van der Waals surface area contributed by atoms with Crippen molar-refractivity contribution in [3.63, 3.8) is 0 Å². The predicted molar refractivity (Wildman–Crippen MR) is 72.3 cm³/mol. The molecule has 1 saturated carbocycles. The Morgan fingerprint density at radius 3 is 2.53 bits per heavy atom. The summed E-state index contributed by atoms with van der Waals surface area (Å²) in [5, 5.41) is 3.99. The van der Waals surface area contributed by atoms with Crippen molar-refractivity contribution >= 4 is 24.2 Å². The normalized spacial score (nSPS) is 18.4. The highest BCUT2D eigenvalue weighted by molar-refractivity contribution is 7.99. The Kier molecular flexibility index (Phi) is 4.49. The number of thioether (sulfide) groups is 1. The zero-order valence-electron chi connectivity index (χ0n) is 10.5. The molecule has 2 rings (SSSR count). The molecular formula is C11H20ClN3OS. The molecule has 2 N–H and O–H groups in total. The van der Waals surface area contributed by atoms with Gasteiger partial charge in [0.2, 0.25) is 5.89 Å². The summed E-state index contributed by atoms with van der Waals surface area (Å²) in [4.78, 5) is 4.38. The van der Waals surface area contributed by atoms with E-state index in [1.165, 1.54) is 0 Å². The highest BCUT2D eigenvalue weighted by atomic mass is 35.5. The molecule has 0 aliphatic heterocycles. The van der Waals surface area contributed by atoms with Crippen LogP contribution in [-0.4, -0.2) is 14.9 Å². The average molecular weight is 278 g/mol. The summed E-state index contributed by atoms with van der Waals surface area (Å²) < 4.78 is 5.43. The third-order valence-electron chi connectivity index (χ3n) is 2.79. The summed E-state index contributed by atoms with van der Waals surface area (Å²) in [6, 6.07) is 0. The lowest BCUT2D eigenvalue weighted by atomic mass is 9.77. The molecule has 1 fully saturated rings. The quantitative estimate of drug-likeness (QED) is 0.920. The lowest BCUT2D eigenvalue weighted by molar-refractivity contribution is 0.229. The van der Waals surface area contributed by atoms with E-state index >= 15 is 0 Å². The van der Waals surface area contributed by atoms with Crippen LogP contribution in [0.3, 0.4) is 0 Å². The van der Waals surface area contributed by atoms with Crippen molar-refractivity contribution in [2.45, 2.75) is 56.1 Å². The van der Waals surface area contributed by atoms with Gasteiger partial charge < -0.3 is 10.3 Å².